The second-order valence-electron chi connectivity index (χ2n) is 6.99. The summed E-state index contributed by atoms with van der Waals surface area (Å²) in [6.45, 7) is 8.74. The van der Waals surface area contributed by atoms with E-state index >= 15 is 0 Å². The number of nitrogens with one attached hydrogen (secondary N) is 1. The van der Waals surface area contributed by atoms with Crippen LogP contribution >= 0.6 is 0 Å². The molecule has 1 aromatic rings. The van der Waals surface area contributed by atoms with Crippen LogP contribution in [0.2, 0.25) is 0 Å². The Morgan fingerprint density at radius 3 is 2.43 bits per heavy atom. The monoisotopic (exact) mass is 317 g/mol. The number of rotatable bonds is 10. The summed E-state index contributed by atoms with van der Waals surface area (Å²) in [5.41, 5.74) is 1.70. The lowest BCUT2D eigenvalue weighted by molar-refractivity contribution is -0.121. The Kier molecular flexibility index (Phi) is 8.60. The van der Waals surface area contributed by atoms with E-state index < -0.39 is 0 Å². The molecule has 23 heavy (non-hydrogen) atoms. The zero-order valence-corrected chi connectivity index (χ0v) is 15.0. The Morgan fingerprint density at radius 1 is 1.04 bits per heavy atom. The van der Waals surface area contributed by atoms with Crippen molar-refractivity contribution in [1.82, 2.24) is 5.32 Å². The number of benzene rings is 1. The van der Waals surface area contributed by atoms with Gasteiger partial charge in [-0.25, -0.2) is 0 Å². The van der Waals surface area contributed by atoms with Crippen LogP contribution in [0.1, 0.15) is 75.7 Å². The molecule has 3 nitrogen and oxygen atoms in total. The molecule has 128 valence electrons. The molecule has 0 saturated carbocycles. The van der Waals surface area contributed by atoms with Gasteiger partial charge in [0.1, 0.15) is 0 Å². The molecular weight excluding hydrogens is 286 g/mol. The van der Waals surface area contributed by atoms with E-state index in [1.165, 1.54) is 12.8 Å². The normalized spacial score (nSPS) is 11.0. The second-order valence-corrected chi connectivity index (χ2v) is 6.99. The smallest absolute Gasteiger partial charge is 0.220 e. The molecule has 0 aliphatic rings. The molecule has 0 spiro atoms. The van der Waals surface area contributed by atoms with Crippen molar-refractivity contribution in [2.45, 2.75) is 66.3 Å². The van der Waals surface area contributed by atoms with E-state index in [2.05, 4.69) is 19.2 Å². The van der Waals surface area contributed by atoms with E-state index in [1.807, 2.05) is 38.1 Å². The summed E-state index contributed by atoms with van der Waals surface area (Å²) in [5.74, 6) is 0.966. The van der Waals surface area contributed by atoms with Crippen LogP contribution in [-0.4, -0.2) is 11.7 Å². The molecule has 0 bridgehead atoms. The first-order chi connectivity index (χ1) is 10.9. The van der Waals surface area contributed by atoms with Crippen molar-refractivity contribution < 1.29 is 9.59 Å². The largest absolute Gasteiger partial charge is 0.352 e. The molecular formula is C20H31NO2. The van der Waals surface area contributed by atoms with Gasteiger partial charge in [0.15, 0.2) is 5.78 Å². The minimum absolute atomic E-state index is 0.00863. The third kappa shape index (κ3) is 7.96. The average Bonchev–Trinajstić information content (AvgIpc) is 2.51. The Balaban J connectivity index is 2.33. The number of amides is 1. The Bertz CT molecular complexity index is 506. The Morgan fingerprint density at radius 2 is 1.78 bits per heavy atom. The Hall–Kier alpha value is -1.64. The molecule has 0 aliphatic heterocycles. The minimum atomic E-state index is -0.00863. The summed E-state index contributed by atoms with van der Waals surface area (Å²) in [4.78, 5) is 23.9. The molecule has 1 aromatic carbocycles. The second kappa shape index (κ2) is 10.2. The van der Waals surface area contributed by atoms with E-state index in [1.54, 1.807) is 0 Å². The SMILES string of the molecule is CC(C)CCCCCC(=O)NCc1cccc(C(=O)C(C)C)c1. The molecule has 0 aliphatic carbocycles. The molecule has 0 heterocycles. The van der Waals surface area contributed by atoms with Gasteiger partial charge in [-0.1, -0.05) is 65.2 Å². The maximum Gasteiger partial charge on any atom is 0.220 e. The highest BCUT2D eigenvalue weighted by Gasteiger charge is 2.10. The van der Waals surface area contributed by atoms with Crippen molar-refractivity contribution in [3.63, 3.8) is 0 Å². The summed E-state index contributed by atoms with van der Waals surface area (Å²) < 4.78 is 0. The summed E-state index contributed by atoms with van der Waals surface area (Å²) in [6, 6.07) is 7.54. The fraction of sp³-hybridized carbons (Fsp3) is 0.600. The number of ketones is 1. The lowest BCUT2D eigenvalue weighted by Crippen LogP contribution is -2.22. The molecule has 0 saturated heterocycles. The number of unbranched alkanes of at least 4 members (excludes halogenated alkanes) is 2. The zero-order valence-electron chi connectivity index (χ0n) is 15.0. The van der Waals surface area contributed by atoms with Gasteiger partial charge in [-0.3, -0.25) is 9.59 Å². The predicted octanol–water partition coefficient (Wildman–Crippen LogP) is 4.75. The summed E-state index contributed by atoms with van der Waals surface area (Å²) in [7, 11) is 0. The van der Waals surface area contributed by atoms with Crippen LogP contribution in [0.25, 0.3) is 0 Å². The van der Waals surface area contributed by atoms with Crippen molar-refractivity contribution in [2.75, 3.05) is 0 Å². The molecule has 1 N–H and O–H groups in total. The van der Waals surface area contributed by atoms with Crippen LogP contribution in [0.4, 0.5) is 0 Å². The minimum Gasteiger partial charge on any atom is -0.352 e. The van der Waals surface area contributed by atoms with Crippen LogP contribution in [0.3, 0.4) is 0 Å². The van der Waals surface area contributed by atoms with Crippen molar-refractivity contribution in [2.24, 2.45) is 11.8 Å². The van der Waals surface area contributed by atoms with Crippen LogP contribution in [0.5, 0.6) is 0 Å². The van der Waals surface area contributed by atoms with Gasteiger partial charge in [-0.15, -0.1) is 0 Å². The van der Waals surface area contributed by atoms with E-state index in [4.69, 9.17) is 0 Å². The first kappa shape index (κ1) is 19.4. The topological polar surface area (TPSA) is 46.2 Å². The predicted molar refractivity (Wildman–Crippen MR) is 95.4 cm³/mol. The third-order valence-electron chi connectivity index (χ3n) is 3.91. The molecule has 0 fully saturated rings. The molecule has 0 radical (unpaired) electrons. The van der Waals surface area contributed by atoms with Crippen molar-refractivity contribution >= 4 is 11.7 Å². The van der Waals surface area contributed by atoms with Crippen LogP contribution < -0.4 is 5.32 Å². The van der Waals surface area contributed by atoms with Crippen molar-refractivity contribution in [3.05, 3.63) is 35.4 Å². The zero-order chi connectivity index (χ0) is 17.2. The van der Waals surface area contributed by atoms with E-state index in [0.717, 1.165) is 29.9 Å². The van der Waals surface area contributed by atoms with E-state index in [9.17, 15) is 9.59 Å². The Labute approximate surface area is 140 Å². The van der Waals surface area contributed by atoms with E-state index in [-0.39, 0.29) is 17.6 Å². The van der Waals surface area contributed by atoms with Gasteiger partial charge in [0.2, 0.25) is 5.91 Å². The number of hydrogen-bond donors (Lipinski definition) is 1. The summed E-state index contributed by atoms with van der Waals surface area (Å²) in [5, 5.41) is 2.94. The molecule has 0 atom stereocenters. The molecule has 0 unspecified atom stereocenters. The highest BCUT2D eigenvalue weighted by molar-refractivity contribution is 5.97. The molecule has 1 amide bonds. The number of carbonyl (C=O) groups excluding carboxylic acids is 2. The number of carbonyl (C=O) groups is 2. The first-order valence-electron chi connectivity index (χ1n) is 8.80. The summed E-state index contributed by atoms with van der Waals surface area (Å²) >= 11 is 0. The molecule has 3 heteroatoms. The maximum absolute atomic E-state index is 12.0. The van der Waals surface area contributed by atoms with E-state index in [0.29, 0.717) is 13.0 Å². The van der Waals surface area contributed by atoms with Crippen molar-refractivity contribution in [1.29, 1.82) is 0 Å². The fourth-order valence-electron chi connectivity index (χ4n) is 2.47. The number of hydrogen-bond acceptors (Lipinski definition) is 2. The fourth-order valence-corrected chi connectivity index (χ4v) is 2.47. The van der Waals surface area contributed by atoms with Gasteiger partial charge in [0.25, 0.3) is 0 Å². The lowest BCUT2D eigenvalue weighted by atomic mass is 9.99. The lowest BCUT2D eigenvalue weighted by Gasteiger charge is -2.09. The van der Waals surface area contributed by atoms with Gasteiger partial charge in [-0.2, -0.15) is 0 Å². The first-order valence-corrected chi connectivity index (χ1v) is 8.80. The van der Waals surface area contributed by atoms with Gasteiger partial charge >= 0.3 is 0 Å². The quantitative estimate of drug-likeness (QED) is 0.500. The highest BCUT2D eigenvalue weighted by Crippen LogP contribution is 2.12. The summed E-state index contributed by atoms with van der Waals surface area (Å²) in [6.07, 6.45) is 5.08. The third-order valence-corrected chi connectivity index (χ3v) is 3.91. The van der Waals surface area contributed by atoms with Gasteiger partial charge in [0, 0.05) is 24.4 Å². The average molecular weight is 317 g/mol. The van der Waals surface area contributed by atoms with Gasteiger partial charge in [0.05, 0.1) is 0 Å². The molecule has 1 rings (SSSR count). The molecule has 0 aromatic heterocycles. The number of Topliss-reactive ketones (excluding diaryl/α,β-unsaturated/α-hetero) is 1. The standard InChI is InChI=1S/C20H31NO2/c1-15(2)9-6-5-7-12-19(22)21-14-17-10-8-11-18(13-17)20(23)16(3)4/h8,10-11,13,15-16H,5-7,9,12,14H2,1-4H3,(H,21,22). The van der Waals surface area contributed by atoms with Crippen LogP contribution in [-0.2, 0) is 11.3 Å². The van der Waals surface area contributed by atoms with Crippen LogP contribution in [0, 0.1) is 11.8 Å². The van der Waals surface area contributed by atoms with Crippen molar-refractivity contribution in [3.8, 4) is 0 Å². The van der Waals surface area contributed by atoms with Gasteiger partial charge in [-0.05, 0) is 24.0 Å². The van der Waals surface area contributed by atoms with Gasteiger partial charge < -0.3 is 5.32 Å². The van der Waals surface area contributed by atoms with Crippen LogP contribution in [0.15, 0.2) is 24.3 Å². The highest BCUT2D eigenvalue weighted by atomic mass is 16.1. The maximum atomic E-state index is 12.0.